The second-order valence-corrected chi connectivity index (χ2v) is 5.45. The number of anilines is 1. The van der Waals surface area contributed by atoms with Gasteiger partial charge in [0.15, 0.2) is 0 Å². The molecule has 2 aromatic rings. The molecule has 0 aliphatic carbocycles. The number of halogens is 1. The van der Waals surface area contributed by atoms with Crippen LogP contribution in [0.1, 0.15) is 10.6 Å². The summed E-state index contributed by atoms with van der Waals surface area (Å²) in [5, 5.41) is 12.1. The minimum absolute atomic E-state index is 0.289. The summed E-state index contributed by atoms with van der Waals surface area (Å²) in [7, 11) is 1.56. The van der Waals surface area contributed by atoms with E-state index in [-0.39, 0.29) is 5.91 Å². The quantitative estimate of drug-likeness (QED) is 0.881. The number of aryl methyl sites for hydroxylation is 1. The average Bonchev–Trinajstić information content (AvgIpc) is 2.82. The maximum absolute atomic E-state index is 11.7. The number of hydrogen-bond donors (Lipinski definition) is 1. The zero-order valence-electron chi connectivity index (χ0n) is 10.9. The van der Waals surface area contributed by atoms with Gasteiger partial charge < -0.3 is 4.74 Å². The number of amides is 1. The fraction of sp³-hybridized carbons (Fsp3) is 0.154. The molecule has 0 aliphatic rings. The summed E-state index contributed by atoms with van der Waals surface area (Å²) >= 11 is 7.23. The van der Waals surface area contributed by atoms with Crippen LogP contribution >= 0.6 is 22.9 Å². The lowest BCUT2D eigenvalue weighted by Gasteiger charge is -2.04. The van der Waals surface area contributed by atoms with Gasteiger partial charge in [0.1, 0.15) is 10.8 Å². The van der Waals surface area contributed by atoms with Crippen molar-refractivity contribution >= 4 is 40.1 Å². The van der Waals surface area contributed by atoms with Crippen LogP contribution in [0.2, 0.25) is 5.02 Å². The molecule has 0 bridgehead atoms. The topological polar surface area (TPSA) is 64.1 Å². The minimum atomic E-state index is -0.289. The number of nitrogens with zero attached hydrogens (tertiary/aromatic N) is 2. The Balaban J connectivity index is 2.09. The van der Waals surface area contributed by atoms with E-state index in [2.05, 4.69) is 15.5 Å². The van der Waals surface area contributed by atoms with E-state index in [0.29, 0.717) is 15.9 Å². The largest absolute Gasteiger partial charge is 0.496 e. The Morgan fingerprint density at radius 3 is 2.90 bits per heavy atom. The highest BCUT2D eigenvalue weighted by atomic mass is 35.5. The lowest BCUT2D eigenvalue weighted by Crippen LogP contribution is -2.07. The molecule has 104 valence electrons. The first kappa shape index (κ1) is 14.5. The van der Waals surface area contributed by atoms with Gasteiger partial charge in [0, 0.05) is 16.7 Å². The highest BCUT2D eigenvalue weighted by molar-refractivity contribution is 7.15. The Bertz CT molecular complexity index is 655. The van der Waals surface area contributed by atoms with Gasteiger partial charge in [-0.15, -0.1) is 10.2 Å². The van der Waals surface area contributed by atoms with Crippen molar-refractivity contribution in [2.24, 2.45) is 0 Å². The molecule has 0 unspecified atom stereocenters. The lowest BCUT2D eigenvalue weighted by molar-refractivity contribution is -0.111. The molecular weight excluding hydrogens is 298 g/mol. The molecule has 1 aromatic heterocycles. The molecule has 0 spiro atoms. The van der Waals surface area contributed by atoms with Crippen LogP contribution in [-0.4, -0.2) is 23.2 Å². The van der Waals surface area contributed by atoms with Crippen molar-refractivity contribution in [2.45, 2.75) is 6.92 Å². The molecular formula is C13H12ClN3O2S. The fourth-order valence-corrected chi connectivity index (χ4v) is 2.27. The van der Waals surface area contributed by atoms with E-state index >= 15 is 0 Å². The summed E-state index contributed by atoms with van der Waals surface area (Å²) < 4.78 is 5.19. The van der Waals surface area contributed by atoms with Gasteiger partial charge in [-0.3, -0.25) is 10.1 Å². The van der Waals surface area contributed by atoms with Crippen molar-refractivity contribution in [2.75, 3.05) is 12.4 Å². The molecule has 1 heterocycles. The number of carbonyl (C=O) groups is 1. The normalized spacial score (nSPS) is 10.8. The molecule has 5 nitrogen and oxygen atoms in total. The van der Waals surface area contributed by atoms with Gasteiger partial charge in [-0.2, -0.15) is 0 Å². The predicted octanol–water partition coefficient (Wildman–Crippen LogP) is 3.16. The Morgan fingerprint density at radius 1 is 1.45 bits per heavy atom. The molecule has 1 amide bonds. The van der Waals surface area contributed by atoms with Gasteiger partial charge in [-0.25, -0.2) is 0 Å². The van der Waals surface area contributed by atoms with E-state index in [1.165, 1.54) is 17.4 Å². The zero-order valence-corrected chi connectivity index (χ0v) is 12.5. The number of methoxy groups -OCH3 is 1. The van der Waals surface area contributed by atoms with Crippen molar-refractivity contribution in [1.82, 2.24) is 10.2 Å². The number of aromatic nitrogens is 2. The molecule has 1 N–H and O–H groups in total. The first-order valence-corrected chi connectivity index (χ1v) is 6.90. The van der Waals surface area contributed by atoms with Crippen LogP contribution in [0.25, 0.3) is 6.08 Å². The molecule has 7 heteroatoms. The van der Waals surface area contributed by atoms with Gasteiger partial charge in [-0.1, -0.05) is 22.9 Å². The van der Waals surface area contributed by atoms with E-state index in [9.17, 15) is 4.79 Å². The van der Waals surface area contributed by atoms with Crippen LogP contribution in [0.3, 0.4) is 0 Å². The van der Waals surface area contributed by atoms with Crippen molar-refractivity contribution in [1.29, 1.82) is 0 Å². The van der Waals surface area contributed by atoms with Crippen LogP contribution in [0.15, 0.2) is 24.3 Å². The molecule has 0 aliphatic heterocycles. The van der Waals surface area contributed by atoms with E-state index in [1.54, 1.807) is 31.4 Å². The maximum Gasteiger partial charge on any atom is 0.250 e. The Kier molecular flexibility index (Phi) is 4.70. The smallest absolute Gasteiger partial charge is 0.250 e. The first-order valence-electron chi connectivity index (χ1n) is 5.71. The van der Waals surface area contributed by atoms with E-state index in [1.807, 2.05) is 6.92 Å². The number of rotatable bonds is 4. The third kappa shape index (κ3) is 3.79. The summed E-state index contributed by atoms with van der Waals surface area (Å²) in [6.45, 7) is 1.82. The molecule has 1 aromatic carbocycles. The molecule has 0 saturated carbocycles. The molecule has 0 saturated heterocycles. The third-order valence-electron chi connectivity index (χ3n) is 2.36. The van der Waals surface area contributed by atoms with Crippen molar-refractivity contribution < 1.29 is 9.53 Å². The van der Waals surface area contributed by atoms with Crippen molar-refractivity contribution in [3.05, 3.63) is 39.9 Å². The summed E-state index contributed by atoms with van der Waals surface area (Å²) in [4.78, 5) is 11.7. The standard InChI is InChI=1S/C13H12ClN3O2S/c1-8-16-17-13(20-8)15-12(18)6-3-9-7-10(14)4-5-11(9)19-2/h3-7H,1-2H3,(H,15,17,18)/b6-3+. The van der Waals surface area contributed by atoms with Crippen LogP contribution in [-0.2, 0) is 4.79 Å². The predicted molar refractivity (Wildman–Crippen MR) is 80.3 cm³/mol. The fourth-order valence-electron chi connectivity index (χ4n) is 1.50. The highest BCUT2D eigenvalue weighted by Crippen LogP contribution is 2.23. The van der Waals surface area contributed by atoms with Gasteiger partial charge in [0.25, 0.3) is 0 Å². The third-order valence-corrected chi connectivity index (χ3v) is 3.35. The number of carbonyl (C=O) groups excluding carboxylic acids is 1. The van der Waals surface area contributed by atoms with Gasteiger partial charge in [0.2, 0.25) is 11.0 Å². The second kappa shape index (κ2) is 6.49. The van der Waals surface area contributed by atoms with E-state index in [0.717, 1.165) is 10.6 Å². The average molecular weight is 310 g/mol. The Morgan fingerprint density at radius 2 is 2.25 bits per heavy atom. The highest BCUT2D eigenvalue weighted by Gasteiger charge is 2.04. The first-order chi connectivity index (χ1) is 9.58. The zero-order chi connectivity index (χ0) is 14.5. The van der Waals surface area contributed by atoms with Crippen molar-refractivity contribution in [3.63, 3.8) is 0 Å². The Hall–Kier alpha value is -1.92. The van der Waals surface area contributed by atoms with Gasteiger partial charge >= 0.3 is 0 Å². The number of benzene rings is 1. The van der Waals surface area contributed by atoms with E-state index in [4.69, 9.17) is 16.3 Å². The minimum Gasteiger partial charge on any atom is -0.496 e. The number of hydrogen-bond acceptors (Lipinski definition) is 5. The van der Waals surface area contributed by atoms with Crippen molar-refractivity contribution in [3.8, 4) is 5.75 Å². The van der Waals surface area contributed by atoms with Crippen LogP contribution in [0.5, 0.6) is 5.75 Å². The van der Waals surface area contributed by atoms with Crippen LogP contribution in [0.4, 0.5) is 5.13 Å². The number of ether oxygens (including phenoxy) is 1. The molecule has 2 rings (SSSR count). The summed E-state index contributed by atoms with van der Waals surface area (Å²) in [5.74, 6) is 0.355. The number of nitrogens with one attached hydrogen (secondary N) is 1. The summed E-state index contributed by atoms with van der Waals surface area (Å²) in [6, 6.07) is 5.19. The molecule has 0 atom stereocenters. The molecule has 20 heavy (non-hydrogen) atoms. The SMILES string of the molecule is COc1ccc(Cl)cc1/C=C/C(=O)Nc1nnc(C)s1. The molecule has 0 radical (unpaired) electrons. The van der Waals surface area contributed by atoms with Gasteiger partial charge in [-0.05, 0) is 31.2 Å². The Labute approximate surface area is 125 Å². The summed E-state index contributed by atoms with van der Waals surface area (Å²) in [5.41, 5.74) is 0.726. The van der Waals surface area contributed by atoms with Crippen LogP contribution < -0.4 is 10.1 Å². The van der Waals surface area contributed by atoms with Gasteiger partial charge in [0.05, 0.1) is 7.11 Å². The lowest BCUT2D eigenvalue weighted by atomic mass is 10.2. The van der Waals surface area contributed by atoms with Crippen LogP contribution in [0, 0.1) is 6.92 Å². The maximum atomic E-state index is 11.7. The monoisotopic (exact) mass is 309 g/mol. The summed E-state index contributed by atoms with van der Waals surface area (Å²) in [6.07, 6.45) is 3.03. The molecule has 0 fully saturated rings. The second-order valence-electron chi connectivity index (χ2n) is 3.84. The van der Waals surface area contributed by atoms with E-state index < -0.39 is 0 Å².